The highest BCUT2D eigenvalue weighted by Gasteiger charge is 2.37. The van der Waals surface area contributed by atoms with Gasteiger partial charge in [0.2, 0.25) is 5.91 Å². The third-order valence-corrected chi connectivity index (χ3v) is 5.52. The Hall–Kier alpha value is -2.31. The van der Waals surface area contributed by atoms with Crippen LogP contribution in [-0.2, 0) is 14.3 Å². The van der Waals surface area contributed by atoms with E-state index in [0.29, 0.717) is 0 Å². The van der Waals surface area contributed by atoms with E-state index >= 15 is 0 Å². The quantitative estimate of drug-likeness (QED) is 0.600. The lowest BCUT2D eigenvalue weighted by molar-refractivity contribution is -0.145. The molecule has 7 nitrogen and oxygen atoms in total. The van der Waals surface area contributed by atoms with Crippen LogP contribution < -0.4 is 10.6 Å². The zero-order chi connectivity index (χ0) is 21.4. The number of alkyl carbamates (subject to hydrolysis) is 1. The van der Waals surface area contributed by atoms with E-state index in [4.69, 9.17) is 4.74 Å². The second-order valence-electron chi connectivity index (χ2n) is 9.00. The van der Waals surface area contributed by atoms with Gasteiger partial charge >= 0.3 is 12.1 Å². The van der Waals surface area contributed by atoms with Crippen molar-refractivity contribution >= 4 is 18.0 Å². The minimum absolute atomic E-state index is 0.0282. The Morgan fingerprint density at radius 2 is 1.83 bits per heavy atom. The summed E-state index contributed by atoms with van der Waals surface area (Å²) in [7, 11) is 0. The highest BCUT2D eigenvalue weighted by Crippen LogP contribution is 2.27. The van der Waals surface area contributed by atoms with Gasteiger partial charge < -0.3 is 20.5 Å². The van der Waals surface area contributed by atoms with Crippen molar-refractivity contribution in [1.82, 2.24) is 10.6 Å². The van der Waals surface area contributed by atoms with Gasteiger partial charge in [-0.15, -0.1) is 0 Å². The number of rotatable bonds is 7. The maximum Gasteiger partial charge on any atom is 0.408 e. The molecule has 2 atom stereocenters. The molecule has 0 spiro atoms. The standard InChI is InChI=1S/C22H34N2O5/c1-22(2,3)18(20(26)27)24-19(25)17(16-12-8-5-9-13-16)23-21(28)29-14-15-10-6-4-7-11-15/h6,10-11,16-18H,4-5,7-9,12-14H2,1-3H3,(H,23,28)(H,24,25)(H,26,27)/t17-,18+/m0/s1. The number of carboxylic acid groups (broad SMARTS) is 1. The first-order valence-corrected chi connectivity index (χ1v) is 10.5. The van der Waals surface area contributed by atoms with Gasteiger partial charge in [0.05, 0.1) is 0 Å². The summed E-state index contributed by atoms with van der Waals surface area (Å²) in [5.41, 5.74) is 0.280. The molecule has 2 aliphatic rings. The van der Waals surface area contributed by atoms with E-state index in [0.717, 1.165) is 50.5 Å². The summed E-state index contributed by atoms with van der Waals surface area (Å²) >= 11 is 0. The predicted molar refractivity (Wildman–Crippen MR) is 110 cm³/mol. The van der Waals surface area contributed by atoms with Gasteiger partial charge in [0, 0.05) is 0 Å². The van der Waals surface area contributed by atoms with Crippen LogP contribution in [0.1, 0.15) is 65.7 Å². The summed E-state index contributed by atoms with van der Waals surface area (Å²) in [6, 6.07) is -1.85. The molecule has 2 rings (SSSR count). The molecule has 0 aromatic heterocycles. The third kappa shape index (κ3) is 7.22. The number of allylic oxidation sites excluding steroid dienone is 2. The zero-order valence-electron chi connectivity index (χ0n) is 17.7. The van der Waals surface area contributed by atoms with E-state index in [1.54, 1.807) is 20.8 Å². The first kappa shape index (κ1) is 23.0. The van der Waals surface area contributed by atoms with Crippen LogP contribution in [0, 0.1) is 11.3 Å². The maximum absolute atomic E-state index is 13.0. The minimum atomic E-state index is -1.09. The van der Waals surface area contributed by atoms with Crippen LogP contribution in [-0.4, -0.2) is 41.8 Å². The molecule has 1 fully saturated rings. The first-order valence-electron chi connectivity index (χ1n) is 10.5. The highest BCUT2D eigenvalue weighted by molar-refractivity contribution is 5.89. The van der Waals surface area contributed by atoms with Crippen molar-refractivity contribution in [2.45, 2.75) is 77.8 Å². The molecule has 0 radical (unpaired) electrons. The molecular formula is C22H34N2O5. The smallest absolute Gasteiger partial charge is 0.408 e. The number of nitrogens with one attached hydrogen (secondary N) is 2. The molecule has 0 saturated heterocycles. The van der Waals surface area contributed by atoms with Crippen molar-refractivity contribution < 1.29 is 24.2 Å². The lowest BCUT2D eigenvalue weighted by Crippen LogP contribution is -2.57. The number of aliphatic carboxylic acids is 1. The molecule has 1 saturated carbocycles. The molecule has 29 heavy (non-hydrogen) atoms. The van der Waals surface area contributed by atoms with Crippen molar-refractivity contribution in [3.63, 3.8) is 0 Å². The average molecular weight is 407 g/mol. The predicted octanol–water partition coefficient (Wildman–Crippen LogP) is 3.55. The highest BCUT2D eigenvalue weighted by atomic mass is 16.5. The van der Waals surface area contributed by atoms with E-state index in [-0.39, 0.29) is 12.5 Å². The topological polar surface area (TPSA) is 105 Å². The van der Waals surface area contributed by atoms with E-state index < -0.39 is 35.5 Å². The Kier molecular flexibility index (Phi) is 8.29. The van der Waals surface area contributed by atoms with Crippen LogP contribution in [0.5, 0.6) is 0 Å². The van der Waals surface area contributed by atoms with Gasteiger partial charge in [0.15, 0.2) is 0 Å². The third-order valence-electron chi connectivity index (χ3n) is 5.52. The lowest BCUT2D eigenvalue weighted by atomic mass is 9.82. The molecule has 0 bridgehead atoms. The monoisotopic (exact) mass is 406 g/mol. The summed E-state index contributed by atoms with van der Waals surface area (Å²) in [6.07, 6.45) is 12.0. The van der Waals surface area contributed by atoms with E-state index in [9.17, 15) is 19.5 Å². The fraction of sp³-hybridized carbons (Fsp3) is 0.682. The van der Waals surface area contributed by atoms with Crippen molar-refractivity contribution in [2.75, 3.05) is 6.61 Å². The van der Waals surface area contributed by atoms with Crippen LogP contribution in [0.3, 0.4) is 0 Å². The Balaban J connectivity index is 2.04. The summed E-state index contributed by atoms with van der Waals surface area (Å²) in [5.74, 6) is -1.58. The van der Waals surface area contributed by atoms with Gasteiger partial charge in [0.1, 0.15) is 18.7 Å². The number of hydrogen-bond donors (Lipinski definition) is 3. The summed E-state index contributed by atoms with van der Waals surface area (Å²) in [6.45, 7) is 5.43. The van der Waals surface area contributed by atoms with Gasteiger partial charge in [-0.3, -0.25) is 4.79 Å². The van der Waals surface area contributed by atoms with Crippen LogP contribution in [0.2, 0.25) is 0 Å². The molecule has 0 aromatic rings. The van der Waals surface area contributed by atoms with Crippen LogP contribution >= 0.6 is 0 Å². The molecule has 0 aromatic carbocycles. The van der Waals surface area contributed by atoms with E-state index in [1.165, 1.54) is 0 Å². The van der Waals surface area contributed by atoms with Crippen molar-refractivity contribution in [3.8, 4) is 0 Å². The Morgan fingerprint density at radius 1 is 1.14 bits per heavy atom. The SMILES string of the molecule is CC(C)(C)[C@H](NC(=O)[C@@H](NC(=O)OCC1=CCCC=C1)C1CCCCC1)C(=O)O. The molecule has 0 heterocycles. The Labute approximate surface area is 173 Å². The van der Waals surface area contributed by atoms with Crippen LogP contribution in [0.25, 0.3) is 0 Å². The van der Waals surface area contributed by atoms with E-state index in [1.807, 2.05) is 18.2 Å². The molecular weight excluding hydrogens is 372 g/mol. The minimum Gasteiger partial charge on any atom is -0.480 e. The molecule has 162 valence electrons. The van der Waals surface area contributed by atoms with Crippen molar-refractivity contribution in [3.05, 3.63) is 23.8 Å². The second-order valence-corrected chi connectivity index (χ2v) is 9.00. The maximum atomic E-state index is 13.0. The molecule has 3 N–H and O–H groups in total. The molecule has 7 heteroatoms. The van der Waals surface area contributed by atoms with E-state index in [2.05, 4.69) is 10.6 Å². The van der Waals surface area contributed by atoms with Gasteiger partial charge in [0.25, 0.3) is 0 Å². The number of amides is 2. The number of carbonyl (C=O) groups excluding carboxylic acids is 2. The molecule has 0 unspecified atom stereocenters. The lowest BCUT2D eigenvalue weighted by Gasteiger charge is -2.33. The Bertz CT molecular complexity index is 657. The summed E-state index contributed by atoms with van der Waals surface area (Å²) < 4.78 is 5.31. The normalized spacial score (nSPS) is 19.6. The van der Waals surface area contributed by atoms with Gasteiger partial charge in [-0.2, -0.15) is 0 Å². The molecule has 0 aliphatic heterocycles. The average Bonchev–Trinajstić information content (AvgIpc) is 2.68. The van der Waals surface area contributed by atoms with Crippen molar-refractivity contribution in [1.29, 1.82) is 0 Å². The largest absolute Gasteiger partial charge is 0.480 e. The Morgan fingerprint density at radius 3 is 2.38 bits per heavy atom. The van der Waals surface area contributed by atoms with Gasteiger partial charge in [-0.25, -0.2) is 9.59 Å². The number of hydrogen-bond acceptors (Lipinski definition) is 4. The fourth-order valence-electron chi connectivity index (χ4n) is 3.84. The zero-order valence-corrected chi connectivity index (χ0v) is 17.7. The summed E-state index contributed by atoms with van der Waals surface area (Å²) in [4.78, 5) is 37.0. The number of carboxylic acids is 1. The fourth-order valence-corrected chi connectivity index (χ4v) is 3.84. The molecule has 2 amide bonds. The molecule has 2 aliphatic carbocycles. The number of carbonyl (C=O) groups is 3. The first-order chi connectivity index (χ1) is 13.7. The van der Waals surface area contributed by atoms with Crippen LogP contribution in [0.15, 0.2) is 23.8 Å². The van der Waals surface area contributed by atoms with Gasteiger partial charge in [-0.1, -0.05) is 58.3 Å². The van der Waals surface area contributed by atoms with Crippen molar-refractivity contribution in [2.24, 2.45) is 11.3 Å². The number of ether oxygens (including phenoxy) is 1. The van der Waals surface area contributed by atoms with Crippen LogP contribution in [0.4, 0.5) is 4.79 Å². The second kappa shape index (κ2) is 10.5. The summed E-state index contributed by atoms with van der Waals surface area (Å²) in [5, 5.41) is 14.9. The van der Waals surface area contributed by atoms with Gasteiger partial charge in [-0.05, 0) is 42.6 Å².